The number of hydrogen-bond donors (Lipinski definition) is 1. The Morgan fingerprint density at radius 3 is 2.40 bits per heavy atom. The fraction of sp³-hybridized carbons (Fsp3) is 0.391. The summed E-state index contributed by atoms with van der Waals surface area (Å²) in [6, 6.07) is 11.8. The van der Waals surface area contributed by atoms with E-state index in [1.165, 1.54) is 4.90 Å². The highest BCUT2D eigenvalue weighted by Gasteiger charge is 2.27. The third-order valence-corrected chi connectivity index (χ3v) is 5.43. The molecule has 0 saturated heterocycles. The molecule has 0 aliphatic carbocycles. The second-order valence-electron chi connectivity index (χ2n) is 7.63. The smallest absolute Gasteiger partial charge is 0.261 e. The zero-order chi connectivity index (χ0) is 22.3. The first kappa shape index (κ1) is 24.0. The normalized spacial score (nSPS) is 11.8. The molecule has 0 spiro atoms. The molecule has 0 saturated carbocycles. The van der Waals surface area contributed by atoms with E-state index in [2.05, 4.69) is 5.32 Å². The molecule has 0 bridgehead atoms. The van der Waals surface area contributed by atoms with Crippen LogP contribution in [0.2, 0.25) is 10.0 Å². The van der Waals surface area contributed by atoms with Crippen molar-refractivity contribution in [2.75, 3.05) is 13.2 Å². The maximum absolute atomic E-state index is 13.0. The van der Waals surface area contributed by atoms with E-state index in [-0.39, 0.29) is 25.0 Å². The van der Waals surface area contributed by atoms with Crippen LogP contribution in [-0.2, 0) is 16.1 Å². The zero-order valence-corrected chi connectivity index (χ0v) is 19.3. The molecule has 1 N–H and O–H groups in total. The Morgan fingerprint density at radius 2 is 1.77 bits per heavy atom. The number of benzene rings is 2. The number of nitrogens with zero attached hydrogens (tertiary/aromatic N) is 1. The molecule has 0 unspecified atom stereocenters. The minimum Gasteiger partial charge on any atom is -0.484 e. The van der Waals surface area contributed by atoms with E-state index in [1.807, 2.05) is 39.0 Å². The topological polar surface area (TPSA) is 58.6 Å². The molecule has 2 amide bonds. The predicted molar refractivity (Wildman–Crippen MR) is 121 cm³/mol. The fourth-order valence-corrected chi connectivity index (χ4v) is 3.09. The summed E-state index contributed by atoms with van der Waals surface area (Å²) < 4.78 is 5.67. The number of ether oxygens (including phenoxy) is 1. The van der Waals surface area contributed by atoms with E-state index >= 15 is 0 Å². The van der Waals surface area contributed by atoms with Gasteiger partial charge in [0, 0.05) is 23.1 Å². The minimum absolute atomic E-state index is 0.201. The van der Waals surface area contributed by atoms with E-state index in [1.54, 1.807) is 31.2 Å². The number of carbonyl (C=O) groups is 2. The minimum atomic E-state index is -0.678. The number of amides is 2. The van der Waals surface area contributed by atoms with Crippen molar-refractivity contribution in [2.24, 2.45) is 5.92 Å². The summed E-state index contributed by atoms with van der Waals surface area (Å²) in [5.74, 6) is 0.325. The Morgan fingerprint density at radius 1 is 1.07 bits per heavy atom. The summed E-state index contributed by atoms with van der Waals surface area (Å²) in [4.78, 5) is 27.1. The lowest BCUT2D eigenvalue weighted by Crippen LogP contribution is -2.49. The molecular formula is C23H28Cl2N2O3. The van der Waals surface area contributed by atoms with Crippen molar-refractivity contribution in [2.45, 2.75) is 40.3 Å². The summed E-state index contributed by atoms with van der Waals surface area (Å²) in [5, 5.41) is 4.05. The second kappa shape index (κ2) is 11.2. The first-order valence-electron chi connectivity index (χ1n) is 9.88. The molecule has 5 nitrogen and oxygen atoms in total. The van der Waals surface area contributed by atoms with Gasteiger partial charge in [0.1, 0.15) is 11.8 Å². The molecule has 30 heavy (non-hydrogen) atoms. The highest BCUT2D eigenvalue weighted by atomic mass is 35.5. The number of aryl methyl sites for hydroxylation is 1. The van der Waals surface area contributed by atoms with Crippen LogP contribution in [0, 0.1) is 12.8 Å². The third kappa shape index (κ3) is 6.92. The predicted octanol–water partition coefficient (Wildman–Crippen LogP) is 4.87. The van der Waals surface area contributed by atoms with Crippen LogP contribution >= 0.6 is 23.2 Å². The number of halogens is 2. The van der Waals surface area contributed by atoms with Crippen LogP contribution in [-0.4, -0.2) is 35.9 Å². The van der Waals surface area contributed by atoms with Crippen molar-refractivity contribution in [3.8, 4) is 5.75 Å². The maximum Gasteiger partial charge on any atom is 0.261 e. The number of rotatable bonds is 9. The summed E-state index contributed by atoms with van der Waals surface area (Å²) in [6.07, 6.45) is 0. The SMILES string of the molecule is Cc1cc(OCC(=O)N(Cc2ccccc2Cl)[C@H](C)C(=O)NCC(C)C)ccc1Cl. The molecule has 7 heteroatoms. The average Bonchev–Trinajstić information content (AvgIpc) is 2.71. The van der Waals surface area contributed by atoms with Gasteiger partial charge >= 0.3 is 0 Å². The van der Waals surface area contributed by atoms with Crippen LogP contribution in [0.15, 0.2) is 42.5 Å². The molecule has 2 aromatic rings. The lowest BCUT2D eigenvalue weighted by Gasteiger charge is -2.29. The first-order chi connectivity index (χ1) is 14.2. The van der Waals surface area contributed by atoms with Crippen LogP contribution in [0.25, 0.3) is 0 Å². The monoisotopic (exact) mass is 450 g/mol. The Hall–Kier alpha value is -2.24. The fourth-order valence-electron chi connectivity index (χ4n) is 2.78. The zero-order valence-electron chi connectivity index (χ0n) is 17.7. The lowest BCUT2D eigenvalue weighted by atomic mass is 10.1. The van der Waals surface area contributed by atoms with Gasteiger partial charge in [0.15, 0.2) is 6.61 Å². The van der Waals surface area contributed by atoms with E-state index in [0.29, 0.717) is 28.3 Å². The molecule has 0 aliphatic heterocycles. The summed E-state index contributed by atoms with van der Waals surface area (Å²) in [6.45, 7) is 8.14. The summed E-state index contributed by atoms with van der Waals surface area (Å²) >= 11 is 12.3. The Balaban J connectivity index is 2.16. The van der Waals surface area contributed by atoms with Gasteiger partial charge in [0.2, 0.25) is 5.91 Å². The molecule has 1 atom stereocenters. The Labute approximate surface area is 188 Å². The summed E-state index contributed by atoms with van der Waals surface area (Å²) in [7, 11) is 0. The number of hydrogen-bond acceptors (Lipinski definition) is 3. The quantitative estimate of drug-likeness (QED) is 0.592. The number of carbonyl (C=O) groups excluding carboxylic acids is 2. The highest BCUT2D eigenvalue weighted by Crippen LogP contribution is 2.22. The van der Waals surface area contributed by atoms with Crippen LogP contribution in [0.5, 0.6) is 5.75 Å². The van der Waals surface area contributed by atoms with Gasteiger partial charge in [-0.15, -0.1) is 0 Å². The first-order valence-corrected chi connectivity index (χ1v) is 10.6. The molecule has 162 valence electrons. The number of nitrogens with one attached hydrogen (secondary N) is 1. The molecule has 0 fully saturated rings. The summed E-state index contributed by atoms with van der Waals surface area (Å²) in [5.41, 5.74) is 1.62. The van der Waals surface area contributed by atoms with Gasteiger partial charge < -0.3 is 15.0 Å². The molecule has 0 heterocycles. The van der Waals surface area contributed by atoms with Crippen LogP contribution in [0.4, 0.5) is 0 Å². The van der Waals surface area contributed by atoms with Crippen LogP contribution in [0.1, 0.15) is 31.9 Å². The van der Waals surface area contributed by atoms with E-state index in [4.69, 9.17) is 27.9 Å². The van der Waals surface area contributed by atoms with Gasteiger partial charge in [-0.05, 0) is 55.2 Å². The Bertz CT molecular complexity index is 887. The van der Waals surface area contributed by atoms with E-state index < -0.39 is 6.04 Å². The largest absolute Gasteiger partial charge is 0.484 e. The Kier molecular flexibility index (Phi) is 9.00. The molecule has 0 radical (unpaired) electrons. The lowest BCUT2D eigenvalue weighted by molar-refractivity contribution is -0.142. The second-order valence-corrected chi connectivity index (χ2v) is 8.44. The van der Waals surface area contributed by atoms with Crippen molar-refractivity contribution in [3.05, 3.63) is 63.6 Å². The van der Waals surface area contributed by atoms with Crippen molar-refractivity contribution < 1.29 is 14.3 Å². The molecular weight excluding hydrogens is 423 g/mol. The van der Waals surface area contributed by atoms with Crippen molar-refractivity contribution >= 4 is 35.0 Å². The van der Waals surface area contributed by atoms with Crippen LogP contribution in [0.3, 0.4) is 0 Å². The third-order valence-electron chi connectivity index (χ3n) is 4.64. The van der Waals surface area contributed by atoms with Crippen molar-refractivity contribution in [3.63, 3.8) is 0 Å². The standard InChI is InChI=1S/C23H28Cl2N2O3/c1-15(2)12-26-23(29)17(4)27(13-18-7-5-6-8-21(18)25)22(28)14-30-19-9-10-20(24)16(3)11-19/h5-11,15,17H,12-14H2,1-4H3,(H,26,29)/t17-/m1/s1. The van der Waals surface area contributed by atoms with Crippen LogP contribution < -0.4 is 10.1 Å². The van der Waals surface area contributed by atoms with E-state index in [9.17, 15) is 9.59 Å². The highest BCUT2D eigenvalue weighted by molar-refractivity contribution is 6.31. The van der Waals surface area contributed by atoms with Crippen molar-refractivity contribution in [1.82, 2.24) is 10.2 Å². The van der Waals surface area contributed by atoms with Gasteiger partial charge in [0.25, 0.3) is 5.91 Å². The maximum atomic E-state index is 13.0. The van der Waals surface area contributed by atoms with Gasteiger partial charge in [-0.3, -0.25) is 9.59 Å². The molecule has 2 rings (SSSR count). The average molecular weight is 451 g/mol. The molecule has 0 aliphatic rings. The van der Waals surface area contributed by atoms with Gasteiger partial charge in [-0.1, -0.05) is 55.2 Å². The van der Waals surface area contributed by atoms with E-state index in [0.717, 1.165) is 11.1 Å². The molecule has 2 aromatic carbocycles. The van der Waals surface area contributed by atoms with Crippen molar-refractivity contribution in [1.29, 1.82) is 0 Å². The van der Waals surface area contributed by atoms with Gasteiger partial charge in [-0.25, -0.2) is 0 Å². The van der Waals surface area contributed by atoms with Gasteiger partial charge in [0.05, 0.1) is 0 Å². The van der Waals surface area contributed by atoms with Gasteiger partial charge in [-0.2, -0.15) is 0 Å². The molecule has 0 aromatic heterocycles.